The molecule has 33 heavy (non-hydrogen) atoms. The number of piperidine rings is 1. The van der Waals surface area contributed by atoms with Crippen LogP contribution in [0.4, 0.5) is 4.39 Å². The molecule has 2 amide bonds. The van der Waals surface area contributed by atoms with Gasteiger partial charge in [-0.25, -0.2) is 4.39 Å². The third-order valence-corrected chi connectivity index (χ3v) is 6.92. The van der Waals surface area contributed by atoms with Crippen LogP contribution < -0.4 is 5.73 Å². The zero-order chi connectivity index (χ0) is 23.4. The Kier molecular flexibility index (Phi) is 7.08. The number of nitrogens with zero attached hydrogens (tertiary/aromatic N) is 4. The van der Waals surface area contributed by atoms with Crippen molar-refractivity contribution in [2.75, 3.05) is 13.1 Å². The highest BCUT2D eigenvalue weighted by atomic mass is 32.2. The minimum absolute atomic E-state index is 0.0235. The van der Waals surface area contributed by atoms with Gasteiger partial charge in [0.15, 0.2) is 11.0 Å². The molecule has 9 heteroatoms. The lowest BCUT2D eigenvalue weighted by Crippen LogP contribution is -2.44. The molecule has 1 fully saturated rings. The Labute approximate surface area is 196 Å². The molecule has 172 valence electrons. The van der Waals surface area contributed by atoms with Gasteiger partial charge in [-0.1, -0.05) is 54.2 Å². The maximum Gasteiger partial charge on any atom is 0.235 e. The normalized spacial score (nSPS) is 15.4. The topological polar surface area (TPSA) is 94.1 Å². The molecule has 1 aliphatic heterocycles. The molecule has 1 aromatic heterocycles. The molecule has 0 bridgehead atoms. The van der Waals surface area contributed by atoms with Crippen molar-refractivity contribution in [1.29, 1.82) is 0 Å². The van der Waals surface area contributed by atoms with Crippen LogP contribution in [-0.2, 0) is 16.1 Å². The molecule has 4 rings (SSSR count). The van der Waals surface area contributed by atoms with E-state index >= 15 is 0 Å². The van der Waals surface area contributed by atoms with Gasteiger partial charge >= 0.3 is 0 Å². The number of benzene rings is 2. The number of carbonyl (C=O) groups excluding carboxylic acids is 2. The summed E-state index contributed by atoms with van der Waals surface area (Å²) >= 11 is 1.30. The van der Waals surface area contributed by atoms with Crippen molar-refractivity contribution in [2.45, 2.75) is 36.7 Å². The first-order chi connectivity index (χ1) is 15.9. The Balaban J connectivity index is 1.56. The number of rotatable bonds is 7. The molecule has 1 unspecified atom stereocenters. The molecule has 0 radical (unpaired) electrons. The first kappa shape index (κ1) is 23.0. The average Bonchev–Trinajstić information content (AvgIpc) is 3.21. The van der Waals surface area contributed by atoms with Crippen LogP contribution in [0.2, 0.25) is 0 Å². The minimum atomic E-state index is -0.415. The van der Waals surface area contributed by atoms with Crippen molar-refractivity contribution in [3.05, 3.63) is 66.0 Å². The summed E-state index contributed by atoms with van der Waals surface area (Å²) < 4.78 is 16.4. The molecular weight excluding hydrogens is 441 g/mol. The summed E-state index contributed by atoms with van der Waals surface area (Å²) in [6.07, 6.45) is 1.17. The quantitative estimate of drug-likeness (QED) is 0.538. The van der Waals surface area contributed by atoms with Crippen LogP contribution in [0.5, 0.6) is 0 Å². The maximum atomic E-state index is 14.5. The predicted octanol–water partition coefficient (Wildman–Crippen LogP) is 3.34. The van der Waals surface area contributed by atoms with Gasteiger partial charge in [-0.05, 0) is 37.5 Å². The van der Waals surface area contributed by atoms with Gasteiger partial charge < -0.3 is 10.6 Å². The van der Waals surface area contributed by atoms with E-state index in [1.807, 2.05) is 41.8 Å². The van der Waals surface area contributed by atoms with Crippen molar-refractivity contribution in [2.24, 2.45) is 11.7 Å². The highest BCUT2D eigenvalue weighted by Crippen LogP contribution is 2.30. The summed E-state index contributed by atoms with van der Waals surface area (Å²) in [4.78, 5) is 26.2. The van der Waals surface area contributed by atoms with Crippen LogP contribution in [0, 0.1) is 11.7 Å². The number of nitrogens with two attached hydrogens (primary N) is 1. The number of aromatic nitrogens is 3. The van der Waals surface area contributed by atoms with E-state index in [0.29, 0.717) is 49.0 Å². The highest BCUT2D eigenvalue weighted by molar-refractivity contribution is 8.00. The van der Waals surface area contributed by atoms with Crippen LogP contribution in [0.25, 0.3) is 11.4 Å². The smallest absolute Gasteiger partial charge is 0.235 e. The Bertz CT molecular complexity index is 1130. The lowest BCUT2D eigenvalue weighted by atomic mass is 9.96. The second kappa shape index (κ2) is 10.2. The molecule has 2 N–H and O–H groups in total. The maximum absolute atomic E-state index is 14.5. The zero-order valence-electron chi connectivity index (χ0n) is 18.4. The predicted molar refractivity (Wildman–Crippen MR) is 125 cm³/mol. The largest absolute Gasteiger partial charge is 0.369 e. The second-order valence-corrected chi connectivity index (χ2v) is 9.43. The van der Waals surface area contributed by atoms with Crippen molar-refractivity contribution in [3.8, 4) is 11.4 Å². The van der Waals surface area contributed by atoms with Crippen LogP contribution >= 0.6 is 11.8 Å². The first-order valence-electron chi connectivity index (χ1n) is 10.9. The number of carbonyl (C=O) groups is 2. The summed E-state index contributed by atoms with van der Waals surface area (Å²) in [6.45, 7) is 3.30. The van der Waals surface area contributed by atoms with Gasteiger partial charge in [0.05, 0.1) is 17.4 Å². The third kappa shape index (κ3) is 5.24. The average molecular weight is 468 g/mol. The molecule has 0 spiro atoms. The monoisotopic (exact) mass is 467 g/mol. The Morgan fingerprint density at radius 1 is 1.09 bits per heavy atom. The standard InChI is InChI=1S/C24H26FN5O2S/c1-16(23(32)29-13-11-18(12-14-29)21(26)31)33-24-28-27-22(19-9-5-6-10-20(19)25)30(24)15-17-7-3-2-4-8-17/h2-10,16,18H,11-15H2,1H3,(H2,26,31). The SMILES string of the molecule is CC(Sc1nnc(-c2ccccc2F)n1Cc1ccccc1)C(=O)N1CCC(C(N)=O)CC1. The van der Waals surface area contributed by atoms with E-state index in [1.54, 1.807) is 23.1 Å². The molecule has 2 heterocycles. The number of likely N-dealkylation sites (tertiary alicyclic amines) is 1. The van der Waals surface area contributed by atoms with Gasteiger partial charge in [0, 0.05) is 19.0 Å². The van der Waals surface area contributed by atoms with E-state index < -0.39 is 5.25 Å². The molecule has 7 nitrogen and oxygen atoms in total. The number of hydrogen-bond acceptors (Lipinski definition) is 5. The summed E-state index contributed by atoms with van der Waals surface area (Å²) in [7, 11) is 0. The fourth-order valence-corrected chi connectivity index (χ4v) is 4.91. The minimum Gasteiger partial charge on any atom is -0.369 e. The lowest BCUT2D eigenvalue weighted by molar-refractivity contribution is -0.134. The van der Waals surface area contributed by atoms with E-state index in [4.69, 9.17) is 5.73 Å². The Morgan fingerprint density at radius 3 is 2.42 bits per heavy atom. The molecular formula is C24H26FN5O2S. The van der Waals surface area contributed by atoms with Crippen LogP contribution in [-0.4, -0.2) is 49.8 Å². The molecule has 0 saturated carbocycles. The third-order valence-electron chi connectivity index (χ3n) is 5.85. The molecule has 1 atom stereocenters. The van der Waals surface area contributed by atoms with Crippen LogP contribution in [0.3, 0.4) is 0 Å². The number of thioether (sulfide) groups is 1. The van der Waals surface area contributed by atoms with Crippen molar-refractivity contribution >= 4 is 23.6 Å². The van der Waals surface area contributed by atoms with Crippen molar-refractivity contribution in [1.82, 2.24) is 19.7 Å². The Hall–Kier alpha value is -3.20. The molecule has 0 aliphatic carbocycles. The fraction of sp³-hybridized carbons (Fsp3) is 0.333. The molecule has 2 aromatic carbocycles. The number of hydrogen-bond donors (Lipinski definition) is 1. The highest BCUT2D eigenvalue weighted by Gasteiger charge is 2.30. The van der Waals surface area contributed by atoms with Gasteiger partial charge in [0.25, 0.3) is 0 Å². The van der Waals surface area contributed by atoms with Crippen molar-refractivity contribution < 1.29 is 14.0 Å². The van der Waals surface area contributed by atoms with Gasteiger partial charge in [-0.3, -0.25) is 14.2 Å². The van der Waals surface area contributed by atoms with E-state index in [1.165, 1.54) is 17.8 Å². The summed E-state index contributed by atoms with van der Waals surface area (Å²) in [5.74, 6) is -0.461. The first-order valence-corrected chi connectivity index (χ1v) is 11.8. The number of halogens is 1. The summed E-state index contributed by atoms with van der Waals surface area (Å²) in [5.41, 5.74) is 6.78. The molecule has 1 saturated heterocycles. The molecule has 3 aromatic rings. The van der Waals surface area contributed by atoms with E-state index in [-0.39, 0.29) is 23.5 Å². The van der Waals surface area contributed by atoms with E-state index in [2.05, 4.69) is 10.2 Å². The summed E-state index contributed by atoms with van der Waals surface area (Å²) in [6, 6.07) is 16.2. The van der Waals surface area contributed by atoms with E-state index in [0.717, 1.165) is 5.56 Å². The van der Waals surface area contributed by atoms with Gasteiger partial charge in [-0.2, -0.15) is 0 Å². The fourth-order valence-electron chi connectivity index (χ4n) is 3.98. The number of primary amides is 1. The number of amides is 2. The van der Waals surface area contributed by atoms with Gasteiger partial charge in [0.1, 0.15) is 5.82 Å². The van der Waals surface area contributed by atoms with Crippen LogP contribution in [0.1, 0.15) is 25.3 Å². The van der Waals surface area contributed by atoms with Gasteiger partial charge in [-0.15, -0.1) is 10.2 Å². The zero-order valence-corrected chi connectivity index (χ0v) is 19.2. The lowest BCUT2D eigenvalue weighted by Gasteiger charge is -2.32. The molecule has 1 aliphatic rings. The Morgan fingerprint density at radius 2 is 1.76 bits per heavy atom. The van der Waals surface area contributed by atoms with Gasteiger partial charge in [0.2, 0.25) is 11.8 Å². The van der Waals surface area contributed by atoms with E-state index in [9.17, 15) is 14.0 Å². The second-order valence-electron chi connectivity index (χ2n) is 8.12. The van der Waals surface area contributed by atoms with Crippen molar-refractivity contribution in [3.63, 3.8) is 0 Å². The summed E-state index contributed by atoms with van der Waals surface area (Å²) in [5, 5.41) is 8.72. The van der Waals surface area contributed by atoms with Crippen LogP contribution in [0.15, 0.2) is 59.8 Å².